The first-order chi connectivity index (χ1) is 9.87. The summed E-state index contributed by atoms with van der Waals surface area (Å²) in [6.07, 6.45) is 4.48. The summed E-state index contributed by atoms with van der Waals surface area (Å²) < 4.78 is 41.5. The maximum atomic E-state index is 14.2. The summed E-state index contributed by atoms with van der Waals surface area (Å²) in [6, 6.07) is 2.31. The number of hydrogen-bond donors (Lipinski definition) is 2. The minimum Gasteiger partial charge on any atom is -0.326 e. The molecule has 1 aliphatic carbocycles. The van der Waals surface area contributed by atoms with E-state index in [-0.39, 0.29) is 23.2 Å². The van der Waals surface area contributed by atoms with Crippen LogP contribution in [0.3, 0.4) is 0 Å². The van der Waals surface area contributed by atoms with Crippen molar-refractivity contribution in [1.82, 2.24) is 4.72 Å². The Balaban J connectivity index is 2.26. The fourth-order valence-electron chi connectivity index (χ4n) is 2.51. The molecule has 4 nitrogen and oxygen atoms in total. The predicted molar refractivity (Wildman–Crippen MR) is 84.6 cm³/mol. The van der Waals surface area contributed by atoms with Crippen LogP contribution in [0.2, 0.25) is 5.02 Å². The lowest BCUT2D eigenvalue weighted by atomic mass is 10.2. The van der Waals surface area contributed by atoms with Crippen molar-refractivity contribution in [3.8, 4) is 0 Å². The summed E-state index contributed by atoms with van der Waals surface area (Å²) >= 11 is 7.57. The Hall–Kier alpha value is -0.340. The first kappa shape index (κ1) is 17.0. The second-order valence-corrected chi connectivity index (χ2v) is 8.33. The van der Waals surface area contributed by atoms with E-state index in [1.54, 1.807) is 11.8 Å². The van der Waals surface area contributed by atoms with Gasteiger partial charge < -0.3 is 5.73 Å². The Labute approximate surface area is 133 Å². The summed E-state index contributed by atoms with van der Waals surface area (Å²) in [4.78, 5) is -0.428. The summed E-state index contributed by atoms with van der Waals surface area (Å²) in [5, 5.41) is 0.604. The quantitative estimate of drug-likeness (QED) is 0.854. The zero-order valence-electron chi connectivity index (χ0n) is 11.6. The van der Waals surface area contributed by atoms with E-state index >= 15 is 0 Å². The molecule has 2 rings (SSSR count). The number of halogens is 2. The molecule has 8 heteroatoms. The third kappa shape index (κ3) is 3.90. The molecule has 21 heavy (non-hydrogen) atoms. The van der Waals surface area contributed by atoms with Crippen molar-refractivity contribution in [1.29, 1.82) is 0 Å². The molecule has 1 aromatic carbocycles. The van der Waals surface area contributed by atoms with Gasteiger partial charge in [-0.05, 0) is 37.7 Å². The van der Waals surface area contributed by atoms with E-state index in [0.29, 0.717) is 5.25 Å². The van der Waals surface area contributed by atoms with Gasteiger partial charge in [-0.2, -0.15) is 11.8 Å². The van der Waals surface area contributed by atoms with Gasteiger partial charge in [-0.25, -0.2) is 17.5 Å². The average Bonchev–Trinajstić information content (AvgIpc) is 2.87. The average molecular weight is 353 g/mol. The molecule has 0 saturated heterocycles. The van der Waals surface area contributed by atoms with E-state index in [9.17, 15) is 12.8 Å². The third-order valence-electron chi connectivity index (χ3n) is 3.63. The monoisotopic (exact) mass is 352 g/mol. The van der Waals surface area contributed by atoms with Crippen molar-refractivity contribution in [2.45, 2.75) is 42.0 Å². The van der Waals surface area contributed by atoms with Crippen LogP contribution >= 0.6 is 23.4 Å². The smallest absolute Gasteiger partial charge is 0.243 e. The van der Waals surface area contributed by atoms with Crippen LogP contribution < -0.4 is 10.5 Å². The highest BCUT2D eigenvalue weighted by molar-refractivity contribution is 7.99. The molecule has 0 aliphatic heterocycles. The van der Waals surface area contributed by atoms with Gasteiger partial charge in [-0.15, -0.1) is 0 Å². The third-order valence-corrected chi connectivity index (χ3v) is 6.46. The molecular formula is C13H18ClFN2O2S2. The number of benzene rings is 1. The van der Waals surface area contributed by atoms with E-state index in [0.717, 1.165) is 25.3 Å². The Morgan fingerprint density at radius 3 is 2.76 bits per heavy atom. The van der Waals surface area contributed by atoms with Gasteiger partial charge in [0.25, 0.3) is 0 Å². The van der Waals surface area contributed by atoms with Crippen molar-refractivity contribution in [2.24, 2.45) is 5.73 Å². The first-order valence-electron chi connectivity index (χ1n) is 6.60. The van der Waals surface area contributed by atoms with Crippen LogP contribution in [0.1, 0.15) is 24.8 Å². The Kier molecular flexibility index (Phi) is 5.54. The summed E-state index contributed by atoms with van der Waals surface area (Å²) in [6.45, 7) is -0.104. The maximum absolute atomic E-state index is 14.2. The van der Waals surface area contributed by atoms with Gasteiger partial charge in [-0.1, -0.05) is 11.6 Å². The highest BCUT2D eigenvalue weighted by Gasteiger charge is 2.30. The van der Waals surface area contributed by atoms with Crippen LogP contribution in [0.25, 0.3) is 0 Å². The molecule has 1 fully saturated rings. The van der Waals surface area contributed by atoms with Gasteiger partial charge in [0.1, 0.15) is 10.7 Å². The van der Waals surface area contributed by atoms with Crippen molar-refractivity contribution in [3.05, 3.63) is 28.5 Å². The van der Waals surface area contributed by atoms with E-state index in [2.05, 4.69) is 4.72 Å². The van der Waals surface area contributed by atoms with E-state index in [1.165, 1.54) is 6.07 Å². The summed E-state index contributed by atoms with van der Waals surface area (Å²) in [7, 11) is -3.94. The number of nitrogens with two attached hydrogens (primary N) is 1. The van der Waals surface area contributed by atoms with Gasteiger partial charge in [0.2, 0.25) is 10.0 Å². The molecule has 0 amide bonds. The molecule has 1 aromatic rings. The fourth-order valence-corrected chi connectivity index (χ4v) is 5.04. The molecule has 3 N–H and O–H groups in total. The van der Waals surface area contributed by atoms with Crippen molar-refractivity contribution in [3.63, 3.8) is 0 Å². The molecule has 0 heterocycles. The number of rotatable bonds is 5. The lowest BCUT2D eigenvalue weighted by molar-refractivity contribution is 0.533. The van der Waals surface area contributed by atoms with Crippen LogP contribution in [0.15, 0.2) is 17.0 Å². The standard InChI is InChI=1S/C13H18ClFN2O2S2/c1-20-11-3-2-10(6-11)17-21(18,19)12-5-9(14)4-8(7-16)13(12)15/h4-5,10-11,17H,2-3,6-7,16H2,1H3. The van der Waals surface area contributed by atoms with Crippen LogP contribution in [0.4, 0.5) is 4.39 Å². The zero-order valence-corrected chi connectivity index (χ0v) is 14.0. The molecule has 0 bridgehead atoms. The van der Waals surface area contributed by atoms with Crippen molar-refractivity contribution in [2.75, 3.05) is 6.26 Å². The summed E-state index contributed by atoms with van der Waals surface area (Å²) in [5.41, 5.74) is 5.51. The second-order valence-electron chi connectivity index (χ2n) is 5.07. The molecular weight excluding hydrogens is 335 g/mol. The highest BCUT2D eigenvalue weighted by Crippen LogP contribution is 2.30. The van der Waals surface area contributed by atoms with Crippen LogP contribution in [0, 0.1) is 5.82 Å². The summed E-state index contributed by atoms with van der Waals surface area (Å²) in [5.74, 6) is -0.825. The second kappa shape index (κ2) is 6.83. The Morgan fingerprint density at radius 1 is 1.48 bits per heavy atom. The van der Waals surface area contributed by atoms with Crippen LogP contribution in [-0.4, -0.2) is 26.0 Å². The fraction of sp³-hybridized carbons (Fsp3) is 0.538. The van der Waals surface area contributed by atoms with Gasteiger partial charge in [0, 0.05) is 28.4 Å². The molecule has 0 aromatic heterocycles. The largest absolute Gasteiger partial charge is 0.326 e. The number of sulfonamides is 1. The van der Waals surface area contributed by atoms with Crippen molar-refractivity contribution < 1.29 is 12.8 Å². The van der Waals surface area contributed by atoms with E-state index in [1.807, 2.05) is 6.26 Å². The highest BCUT2D eigenvalue weighted by atomic mass is 35.5. The molecule has 0 spiro atoms. The molecule has 2 atom stereocenters. The maximum Gasteiger partial charge on any atom is 0.243 e. The number of hydrogen-bond acceptors (Lipinski definition) is 4. The Bertz CT molecular complexity index is 625. The molecule has 2 unspecified atom stereocenters. The van der Waals surface area contributed by atoms with E-state index in [4.69, 9.17) is 17.3 Å². The van der Waals surface area contributed by atoms with Crippen molar-refractivity contribution >= 4 is 33.4 Å². The van der Waals surface area contributed by atoms with Gasteiger partial charge in [-0.3, -0.25) is 0 Å². The van der Waals surface area contributed by atoms with E-state index < -0.39 is 20.7 Å². The lowest BCUT2D eigenvalue weighted by Crippen LogP contribution is -2.34. The lowest BCUT2D eigenvalue weighted by Gasteiger charge is -2.15. The molecule has 1 saturated carbocycles. The Morgan fingerprint density at radius 2 is 2.19 bits per heavy atom. The topological polar surface area (TPSA) is 72.2 Å². The molecule has 1 aliphatic rings. The number of thioether (sulfide) groups is 1. The van der Waals surface area contributed by atoms with Gasteiger partial charge in [0.15, 0.2) is 0 Å². The minimum atomic E-state index is -3.94. The minimum absolute atomic E-state index is 0.0938. The molecule has 118 valence electrons. The molecule has 0 radical (unpaired) electrons. The van der Waals surface area contributed by atoms with Crippen LogP contribution in [-0.2, 0) is 16.6 Å². The first-order valence-corrected chi connectivity index (χ1v) is 9.75. The predicted octanol–water partition coefficient (Wildman–Crippen LogP) is 2.50. The van der Waals surface area contributed by atoms with Gasteiger partial charge >= 0.3 is 0 Å². The normalized spacial score (nSPS) is 22.7. The SMILES string of the molecule is CSC1CCC(NS(=O)(=O)c2cc(Cl)cc(CN)c2F)C1. The number of nitrogens with one attached hydrogen (secondary N) is 1. The zero-order chi connectivity index (χ0) is 15.6. The van der Waals surface area contributed by atoms with Crippen LogP contribution in [0.5, 0.6) is 0 Å². The van der Waals surface area contributed by atoms with Gasteiger partial charge in [0.05, 0.1) is 0 Å².